The summed E-state index contributed by atoms with van der Waals surface area (Å²) in [5.74, 6) is 0.807. The van der Waals surface area contributed by atoms with E-state index in [0.717, 1.165) is 38.8 Å². The molecule has 0 unspecified atom stereocenters. The van der Waals surface area contributed by atoms with Crippen LogP contribution in [0.15, 0.2) is 4.99 Å². The monoisotopic (exact) mass is 428 g/mol. The summed E-state index contributed by atoms with van der Waals surface area (Å²) in [6.45, 7) is 13.7. The van der Waals surface area contributed by atoms with Crippen LogP contribution in [-0.4, -0.2) is 75.5 Å². The lowest BCUT2D eigenvalue weighted by Gasteiger charge is -2.41. The van der Waals surface area contributed by atoms with E-state index in [-0.39, 0.29) is 35.1 Å². The zero-order chi connectivity index (χ0) is 15.9. The normalized spacial score (nSPS) is 17.8. The van der Waals surface area contributed by atoms with E-state index in [1.54, 1.807) is 14.2 Å². The summed E-state index contributed by atoms with van der Waals surface area (Å²) in [7, 11) is 3.51. The standard InChI is InChI=1S/C15H32N4O2.HI/c1-14(2,19-7-9-21-10-8-19)11-17-13(16-5)18-12-15(3,4)20-6;/h7-12H2,1-6H3,(H2,16,17,18);1H. The molecule has 0 spiro atoms. The molecule has 0 aliphatic carbocycles. The van der Waals surface area contributed by atoms with Crippen LogP contribution in [-0.2, 0) is 9.47 Å². The molecule has 0 aromatic heterocycles. The number of nitrogens with zero attached hydrogens (tertiary/aromatic N) is 2. The molecule has 0 saturated carbocycles. The fraction of sp³-hybridized carbons (Fsp3) is 0.933. The van der Waals surface area contributed by atoms with Gasteiger partial charge in [0.1, 0.15) is 0 Å². The highest BCUT2D eigenvalue weighted by atomic mass is 127. The van der Waals surface area contributed by atoms with E-state index < -0.39 is 0 Å². The number of nitrogens with one attached hydrogen (secondary N) is 2. The molecule has 7 heteroatoms. The Bertz CT molecular complexity index is 342. The first-order chi connectivity index (χ1) is 9.80. The molecule has 1 rings (SSSR count). The van der Waals surface area contributed by atoms with E-state index in [0.29, 0.717) is 6.54 Å². The second-order valence-corrected chi connectivity index (χ2v) is 6.65. The summed E-state index contributed by atoms with van der Waals surface area (Å²) in [5, 5.41) is 6.71. The zero-order valence-electron chi connectivity index (χ0n) is 14.9. The van der Waals surface area contributed by atoms with Crippen LogP contribution in [0.2, 0.25) is 0 Å². The highest BCUT2D eigenvalue weighted by Crippen LogP contribution is 2.15. The number of hydrogen-bond donors (Lipinski definition) is 2. The van der Waals surface area contributed by atoms with Crippen LogP contribution < -0.4 is 10.6 Å². The van der Waals surface area contributed by atoms with Gasteiger partial charge < -0.3 is 20.1 Å². The molecule has 0 radical (unpaired) electrons. The van der Waals surface area contributed by atoms with Gasteiger partial charge in [-0.15, -0.1) is 24.0 Å². The molecule has 0 aromatic rings. The van der Waals surface area contributed by atoms with E-state index in [4.69, 9.17) is 9.47 Å². The van der Waals surface area contributed by atoms with Crippen LogP contribution in [0.5, 0.6) is 0 Å². The van der Waals surface area contributed by atoms with Gasteiger partial charge in [-0.1, -0.05) is 0 Å². The molecule has 1 heterocycles. The van der Waals surface area contributed by atoms with Crippen molar-refractivity contribution in [1.82, 2.24) is 15.5 Å². The van der Waals surface area contributed by atoms with Crippen molar-refractivity contribution in [2.45, 2.75) is 38.8 Å². The van der Waals surface area contributed by atoms with E-state index in [1.165, 1.54) is 0 Å². The van der Waals surface area contributed by atoms with Crippen molar-refractivity contribution in [2.75, 3.05) is 53.6 Å². The molecule has 1 saturated heterocycles. The third kappa shape index (κ3) is 7.43. The molecule has 1 aliphatic heterocycles. The van der Waals surface area contributed by atoms with Crippen molar-refractivity contribution in [3.8, 4) is 0 Å². The first kappa shape index (κ1) is 21.9. The summed E-state index contributed by atoms with van der Waals surface area (Å²) in [6, 6.07) is 0. The fourth-order valence-electron chi connectivity index (χ4n) is 2.17. The maximum Gasteiger partial charge on any atom is 0.191 e. The van der Waals surface area contributed by atoms with E-state index in [9.17, 15) is 0 Å². The molecule has 2 N–H and O–H groups in total. The predicted molar refractivity (Wildman–Crippen MR) is 102 cm³/mol. The van der Waals surface area contributed by atoms with Crippen LogP contribution in [0, 0.1) is 0 Å². The Morgan fingerprint density at radius 1 is 1.14 bits per heavy atom. The lowest BCUT2D eigenvalue weighted by molar-refractivity contribution is -0.00841. The third-order valence-corrected chi connectivity index (χ3v) is 4.01. The molecule has 0 aromatic carbocycles. The van der Waals surface area contributed by atoms with Crippen molar-refractivity contribution in [3.05, 3.63) is 0 Å². The average molecular weight is 428 g/mol. The topological polar surface area (TPSA) is 58.1 Å². The minimum Gasteiger partial charge on any atom is -0.379 e. The van der Waals surface area contributed by atoms with Gasteiger partial charge in [0.05, 0.1) is 18.8 Å². The Balaban J connectivity index is 0.00000441. The van der Waals surface area contributed by atoms with Gasteiger partial charge in [-0.25, -0.2) is 0 Å². The predicted octanol–water partition coefficient (Wildman–Crippen LogP) is 1.31. The van der Waals surface area contributed by atoms with Gasteiger partial charge in [-0.3, -0.25) is 9.89 Å². The number of morpholine rings is 1. The maximum atomic E-state index is 5.42. The highest BCUT2D eigenvalue weighted by Gasteiger charge is 2.28. The van der Waals surface area contributed by atoms with Gasteiger partial charge in [-0.05, 0) is 27.7 Å². The SMILES string of the molecule is CN=C(NCC(C)(C)OC)NCC(C)(C)N1CCOCC1.I. The molecule has 1 aliphatic rings. The minimum atomic E-state index is -0.211. The van der Waals surface area contributed by atoms with Crippen LogP contribution >= 0.6 is 24.0 Å². The van der Waals surface area contributed by atoms with Gasteiger partial charge in [0.2, 0.25) is 0 Å². The molecular weight excluding hydrogens is 395 g/mol. The summed E-state index contributed by atoms with van der Waals surface area (Å²) in [6.07, 6.45) is 0. The van der Waals surface area contributed by atoms with Crippen LogP contribution in [0.25, 0.3) is 0 Å². The van der Waals surface area contributed by atoms with E-state index in [1.807, 2.05) is 13.8 Å². The van der Waals surface area contributed by atoms with Gasteiger partial charge in [-0.2, -0.15) is 0 Å². The quantitative estimate of drug-likeness (QED) is 0.380. The number of guanidine groups is 1. The number of methoxy groups -OCH3 is 1. The number of rotatable bonds is 6. The molecule has 22 heavy (non-hydrogen) atoms. The maximum absolute atomic E-state index is 5.42. The first-order valence-electron chi connectivity index (χ1n) is 7.63. The van der Waals surface area contributed by atoms with E-state index in [2.05, 4.69) is 34.4 Å². The Kier molecular flexibility index (Phi) is 9.84. The summed E-state index contributed by atoms with van der Waals surface area (Å²) in [5.41, 5.74) is -0.143. The lowest BCUT2D eigenvalue weighted by Crippen LogP contribution is -2.57. The van der Waals surface area contributed by atoms with Crippen LogP contribution in [0.4, 0.5) is 0 Å². The fourth-order valence-corrected chi connectivity index (χ4v) is 2.17. The number of halogens is 1. The minimum absolute atomic E-state index is 0. The Labute approximate surface area is 152 Å². The molecule has 0 atom stereocenters. The van der Waals surface area contributed by atoms with E-state index >= 15 is 0 Å². The summed E-state index contributed by atoms with van der Waals surface area (Å²) >= 11 is 0. The van der Waals surface area contributed by atoms with Gasteiger partial charge in [0.15, 0.2) is 5.96 Å². The second kappa shape index (κ2) is 9.89. The number of aliphatic imine (C=N–C) groups is 1. The largest absolute Gasteiger partial charge is 0.379 e. The van der Waals surface area contributed by atoms with Gasteiger partial charge in [0, 0.05) is 45.9 Å². The average Bonchev–Trinajstić information content (AvgIpc) is 2.48. The Hall–Kier alpha value is -0.120. The van der Waals surface area contributed by atoms with Gasteiger partial charge in [0.25, 0.3) is 0 Å². The van der Waals surface area contributed by atoms with Crippen molar-refractivity contribution in [3.63, 3.8) is 0 Å². The molecule has 132 valence electrons. The molecule has 1 fully saturated rings. The van der Waals surface area contributed by atoms with Crippen LogP contribution in [0.1, 0.15) is 27.7 Å². The summed E-state index contributed by atoms with van der Waals surface area (Å²) in [4.78, 5) is 6.72. The lowest BCUT2D eigenvalue weighted by atomic mass is 10.0. The smallest absolute Gasteiger partial charge is 0.191 e. The number of hydrogen-bond acceptors (Lipinski definition) is 4. The Morgan fingerprint density at radius 2 is 1.68 bits per heavy atom. The van der Waals surface area contributed by atoms with Gasteiger partial charge >= 0.3 is 0 Å². The first-order valence-corrected chi connectivity index (χ1v) is 7.63. The zero-order valence-corrected chi connectivity index (χ0v) is 17.2. The number of ether oxygens (including phenoxy) is 2. The van der Waals surface area contributed by atoms with Crippen molar-refractivity contribution < 1.29 is 9.47 Å². The Morgan fingerprint density at radius 3 is 2.18 bits per heavy atom. The second-order valence-electron chi connectivity index (χ2n) is 6.65. The van der Waals surface area contributed by atoms with Crippen molar-refractivity contribution >= 4 is 29.9 Å². The highest BCUT2D eigenvalue weighted by molar-refractivity contribution is 14.0. The molecule has 6 nitrogen and oxygen atoms in total. The third-order valence-electron chi connectivity index (χ3n) is 4.01. The molecule has 0 bridgehead atoms. The summed E-state index contributed by atoms with van der Waals surface area (Å²) < 4.78 is 10.8. The van der Waals surface area contributed by atoms with Crippen molar-refractivity contribution in [2.24, 2.45) is 4.99 Å². The van der Waals surface area contributed by atoms with Crippen LogP contribution in [0.3, 0.4) is 0 Å². The molecule has 0 amide bonds. The van der Waals surface area contributed by atoms with Crippen molar-refractivity contribution in [1.29, 1.82) is 0 Å². The molecular formula is C15H33IN4O2.